The first kappa shape index (κ1) is 14.9. The highest BCUT2D eigenvalue weighted by Gasteiger charge is 2.28. The molecule has 2 amide bonds. The molecule has 1 rings (SSSR count). The van der Waals surface area contributed by atoms with E-state index in [1.807, 2.05) is 0 Å². The standard InChI is InChI=1S/C10H18N3O4S/c1-7(9(11)14)10(15)12-8-3-5-13(6-4-8)18(2,16)17/h8H,3-6H2,1-2H3,(H2,11,14)(H,12,15). The van der Waals surface area contributed by atoms with Gasteiger partial charge in [-0.2, -0.15) is 0 Å². The third kappa shape index (κ3) is 3.95. The quantitative estimate of drug-likeness (QED) is 0.616. The largest absolute Gasteiger partial charge is 0.369 e. The third-order valence-corrected chi connectivity index (χ3v) is 4.27. The summed E-state index contributed by atoms with van der Waals surface area (Å²) in [4.78, 5) is 22.4. The zero-order valence-corrected chi connectivity index (χ0v) is 11.3. The highest BCUT2D eigenvalue weighted by molar-refractivity contribution is 7.88. The summed E-state index contributed by atoms with van der Waals surface area (Å²) in [7, 11) is -3.17. The molecule has 3 N–H and O–H groups in total. The average Bonchev–Trinajstić information content (AvgIpc) is 2.27. The lowest BCUT2D eigenvalue weighted by molar-refractivity contribution is -0.125. The van der Waals surface area contributed by atoms with Gasteiger partial charge in [-0.25, -0.2) is 12.7 Å². The molecule has 18 heavy (non-hydrogen) atoms. The van der Waals surface area contributed by atoms with Crippen molar-refractivity contribution < 1.29 is 18.0 Å². The molecule has 0 aromatic heterocycles. The number of nitrogens with two attached hydrogens (primary N) is 1. The van der Waals surface area contributed by atoms with Crippen molar-refractivity contribution in [1.29, 1.82) is 0 Å². The number of rotatable bonds is 4. The van der Waals surface area contributed by atoms with Crippen LogP contribution in [0.4, 0.5) is 0 Å². The monoisotopic (exact) mass is 276 g/mol. The lowest BCUT2D eigenvalue weighted by Gasteiger charge is -2.30. The number of sulfonamides is 1. The van der Waals surface area contributed by atoms with Crippen LogP contribution in [0.5, 0.6) is 0 Å². The molecule has 0 aromatic carbocycles. The maximum atomic E-state index is 11.6. The van der Waals surface area contributed by atoms with Gasteiger partial charge >= 0.3 is 0 Å². The number of nitrogens with one attached hydrogen (secondary N) is 1. The first-order chi connectivity index (χ1) is 8.21. The summed E-state index contributed by atoms with van der Waals surface area (Å²) < 4.78 is 23.9. The van der Waals surface area contributed by atoms with Gasteiger partial charge in [-0.1, -0.05) is 0 Å². The van der Waals surface area contributed by atoms with Crippen molar-refractivity contribution >= 4 is 21.8 Å². The van der Waals surface area contributed by atoms with Crippen molar-refractivity contribution in [1.82, 2.24) is 9.62 Å². The number of hydrogen-bond donors (Lipinski definition) is 2. The summed E-state index contributed by atoms with van der Waals surface area (Å²) in [5.41, 5.74) is 5.00. The molecule has 103 valence electrons. The van der Waals surface area contributed by atoms with E-state index in [9.17, 15) is 18.0 Å². The molecule has 8 heteroatoms. The van der Waals surface area contributed by atoms with E-state index < -0.39 is 21.8 Å². The van der Waals surface area contributed by atoms with Gasteiger partial charge in [0.05, 0.1) is 6.26 Å². The first-order valence-corrected chi connectivity index (χ1v) is 7.46. The molecule has 7 nitrogen and oxygen atoms in total. The maximum Gasteiger partial charge on any atom is 0.237 e. The van der Waals surface area contributed by atoms with E-state index in [1.165, 1.54) is 11.2 Å². The van der Waals surface area contributed by atoms with Crippen molar-refractivity contribution in [2.75, 3.05) is 19.3 Å². The number of carbonyl (C=O) groups is 2. The molecule has 1 fully saturated rings. The molecular formula is C10H18N3O4S. The Morgan fingerprint density at radius 3 is 2.17 bits per heavy atom. The van der Waals surface area contributed by atoms with Gasteiger partial charge in [0.25, 0.3) is 0 Å². The minimum absolute atomic E-state index is 0.0412. The summed E-state index contributed by atoms with van der Waals surface area (Å²) in [5.74, 6) is -1.28. The topological polar surface area (TPSA) is 110 Å². The predicted molar refractivity (Wildman–Crippen MR) is 65.7 cm³/mol. The highest BCUT2D eigenvalue weighted by Crippen LogP contribution is 2.13. The Bertz CT molecular complexity index is 426. The molecule has 0 aliphatic carbocycles. The van der Waals surface area contributed by atoms with E-state index in [2.05, 4.69) is 5.32 Å². The summed E-state index contributed by atoms with van der Waals surface area (Å²) in [6, 6.07) is -0.121. The van der Waals surface area contributed by atoms with Gasteiger partial charge in [0.15, 0.2) is 0 Å². The minimum Gasteiger partial charge on any atom is -0.369 e. The fraction of sp³-hybridized carbons (Fsp3) is 0.700. The molecule has 1 heterocycles. The van der Waals surface area contributed by atoms with Crippen LogP contribution in [-0.2, 0) is 19.6 Å². The third-order valence-electron chi connectivity index (χ3n) is 2.97. The van der Waals surface area contributed by atoms with Gasteiger partial charge in [0.1, 0.15) is 5.92 Å². The number of primary amides is 1. The summed E-state index contributed by atoms with van der Waals surface area (Å²) in [6.45, 7) is 2.11. The Kier molecular flexibility index (Phi) is 4.69. The van der Waals surface area contributed by atoms with Crippen LogP contribution in [0.2, 0.25) is 0 Å². The Balaban J connectivity index is 2.45. The smallest absolute Gasteiger partial charge is 0.237 e. The number of hydrogen-bond acceptors (Lipinski definition) is 4. The van der Waals surface area contributed by atoms with Crippen LogP contribution < -0.4 is 11.1 Å². The van der Waals surface area contributed by atoms with E-state index in [4.69, 9.17) is 5.73 Å². The minimum atomic E-state index is -3.17. The maximum absolute atomic E-state index is 11.6. The van der Waals surface area contributed by atoms with Crippen LogP contribution in [0.1, 0.15) is 19.8 Å². The molecule has 1 aliphatic heterocycles. The lowest BCUT2D eigenvalue weighted by Crippen LogP contribution is -2.48. The molecule has 0 unspecified atom stereocenters. The number of amides is 2. The number of piperidine rings is 1. The van der Waals surface area contributed by atoms with Crippen LogP contribution >= 0.6 is 0 Å². The number of carbonyl (C=O) groups excluding carboxylic acids is 2. The highest BCUT2D eigenvalue weighted by atomic mass is 32.2. The normalized spacial score (nSPS) is 18.8. The van der Waals surface area contributed by atoms with E-state index in [0.717, 1.165) is 6.26 Å². The van der Waals surface area contributed by atoms with Crippen molar-refractivity contribution in [3.63, 3.8) is 0 Å². The van der Waals surface area contributed by atoms with Crippen LogP contribution in [0.3, 0.4) is 0 Å². The SMILES string of the molecule is C[C](C(N)=O)C(=O)NC1CCN(S(C)(=O)=O)CC1. The molecule has 0 atom stereocenters. The van der Waals surface area contributed by atoms with E-state index in [-0.39, 0.29) is 12.0 Å². The second kappa shape index (κ2) is 5.66. The predicted octanol–water partition coefficient (Wildman–Crippen LogP) is -1.39. The van der Waals surface area contributed by atoms with E-state index in [1.54, 1.807) is 0 Å². The summed E-state index contributed by atoms with van der Waals surface area (Å²) >= 11 is 0. The fourth-order valence-corrected chi connectivity index (χ4v) is 2.61. The van der Waals surface area contributed by atoms with Gasteiger partial charge in [-0.15, -0.1) is 0 Å². The fourth-order valence-electron chi connectivity index (χ4n) is 1.74. The zero-order chi connectivity index (χ0) is 13.9. The van der Waals surface area contributed by atoms with Crippen LogP contribution in [-0.4, -0.2) is 49.9 Å². The molecule has 1 saturated heterocycles. The van der Waals surface area contributed by atoms with Crippen molar-refractivity contribution in [2.24, 2.45) is 5.73 Å². The van der Waals surface area contributed by atoms with Crippen molar-refractivity contribution in [3.8, 4) is 0 Å². The molecule has 0 saturated carbocycles. The molecule has 0 aromatic rings. The van der Waals surface area contributed by atoms with Gasteiger partial charge in [-0.3, -0.25) is 9.59 Å². The summed E-state index contributed by atoms with van der Waals surface area (Å²) in [5, 5.41) is 2.67. The summed E-state index contributed by atoms with van der Waals surface area (Å²) in [6.07, 6.45) is 2.23. The van der Waals surface area contributed by atoms with Crippen LogP contribution in [0.25, 0.3) is 0 Å². The molecule has 1 aliphatic rings. The molecule has 0 bridgehead atoms. The molecule has 0 spiro atoms. The van der Waals surface area contributed by atoms with Gasteiger partial charge in [0.2, 0.25) is 21.8 Å². The molecular weight excluding hydrogens is 258 g/mol. The Morgan fingerprint density at radius 1 is 1.28 bits per heavy atom. The number of nitrogens with zero attached hydrogens (tertiary/aromatic N) is 1. The Hall–Kier alpha value is -1.15. The second-order valence-corrected chi connectivity index (χ2v) is 6.38. The zero-order valence-electron chi connectivity index (χ0n) is 10.5. The van der Waals surface area contributed by atoms with Crippen molar-refractivity contribution in [2.45, 2.75) is 25.8 Å². The average molecular weight is 276 g/mol. The van der Waals surface area contributed by atoms with E-state index in [0.29, 0.717) is 25.9 Å². The molecule has 1 radical (unpaired) electrons. The van der Waals surface area contributed by atoms with Crippen LogP contribution in [0.15, 0.2) is 0 Å². The van der Waals surface area contributed by atoms with Gasteiger partial charge < -0.3 is 11.1 Å². The van der Waals surface area contributed by atoms with E-state index >= 15 is 0 Å². The van der Waals surface area contributed by atoms with Crippen LogP contribution in [0, 0.1) is 5.92 Å². The Labute approximate surface area is 107 Å². The second-order valence-electron chi connectivity index (χ2n) is 4.40. The van der Waals surface area contributed by atoms with Gasteiger partial charge in [-0.05, 0) is 19.8 Å². The van der Waals surface area contributed by atoms with Gasteiger partial charge in [0, 0.05) is 19.1 Å². The van der Waals surface area contributed by atoms with Crippen molar-refractivity contribution in [3.05, 3.63) is 5.92 Å². The lowest BCUT2D eigenvalue weighted by atomic mass is 10.0. The Morgan fingerprint density at radius 2 is 1.78 bits per heavy atom. The first-order valence-electron chi connectivity index (χ1n) is 5.61.